The molecule has 0 aliphatic carbocycles. The van der Waals surface area contributed by atoms with Crippen molar-refractivity contribution in [3.8, 4) is 0 Å². The van der Waals surface area contributed by atoms with Crippen molar-refractivity contribution in [2.75, 3.05) is 18.5 Å². The zero-order chi connectivity index (χ0) is 11.5. The summed E-state index contributed by atoms with van der Waals surface area (Å²) in [6, 6.07) is 6.00. The molecule has 2 atom stereocenters. The SMILES string of the molecule is CC(Nc1ccc(Cl)c(Cl)c1)C1CCOC1. The van der Waals surface area contributed by atoms with E-state index < -0.39 is 0 Å². The molecule has 1 heterocycles. The van der Waals surface area contributed by atoms with Gasteiger partial charge in [0.15, 0.2) is 0 Å². The first kappa shape index (κ1) is 12.0. The molecule has 1 saturated heterocycles. The largest absolute Gasteiger partial charge is 0.382 e. The van der Waals surface area contributed by atoms with Gasteiger partial charge in [-0.15, -0.1) is 0 Å². The Morgan fingerprint density at radius 1 is 1.38 bits per heavy atom. The van der Waals surface area contributed by atoms with Gasteiger partial charge in [-0.3, -0.25) is 0 Å². The lowest BCUT2D eigenvalue weighted by Gasteiger charge is -2.20. The molecule has 0 spiro atoms. The topological polar surface area (TPSA) is 21.3 Å². The first-order valence-corrected chi connectivity index (χ1v) is 6.22. The molecular formula is C12H15Cl2NO. The minimum Gasteiger partial charge on any atom is -0.382 e. The fraction of sp³-hybridized carbons (Fsp3) is 0.500. The molecule has 1 aliphatic rings. The highest BCUT2D eigenvalue weighted by Crippen LogP contribution is 2.27. The van der Waals surface area contributed by atoms with E-state index >= 15 is 0 Å². The van der Waals surface area contributed by atoms with Crippen LogP contribution in [0, 0.1) is 5.92 Å². The Balaban J connectivity index is 1.99. The molecule has 0 radical (unpaired) electrons. The van der Waals surface area contributed by atoms with Crippen molar-refractivity contribution in [3.63, 3.8) is 0 Å². The highest BCUT2D eigenvalue weighted by molar-refractivity contribution is 6.42. The van der Waals surface area contributed by atoms with Gasteiger partial charge in [0.2, 0.25) is 0 Å². The van der Waals surface area contributed by atoms with E-state index in [4.69, 9.17) is 27.9 Å². The van der Waals surface area contributed by atoms with Crippen LogP contribution in [0.2, 0.25) is 10.0 Å². The Hall–Kier alpha value is -0.440. The highest BCUT2D eigenvalue weighted by Gasteiger charge is 2.22. The Morgan fingerprint density at radius 3 is 2.81 bits per heavy atom. The number of rotatable bonds is 3. The molecule has 2 rings (SSSR count). The van der Waals surface area contributed by atoms with E-state index in [1.807, 2.05) is 18.2 Å². The molecule has 1 aromatic carbocycles. The van der Waals surface area contributed by atoms with Gasteiger partial charge in [0.1, 0.15) is 0 Å². The summed E-state index contributed by atoms with van der Waals surface area (Å²) in [4.78, 5) is 0. The zero-order valence-electron chi connectivity index (χ0n) is 9.17. The number of halogens is 2. The molecule has 4 heteroatoms. The maximum absolute atomic E-state index is 5.96. The Kier molecular flexibility index (Phi) is 3.95. The van der Waals surface area contributed by atoms with Gasteiger partial charge in [0.25, 0.3) is 0 Å². The number of hydrogen-bond donors (Lipinski definition) is 1. The Morgan fingerprint density at radius 2 is 2.19 bits per heavy atom. The summed E-state index contributed by atoms with van der Waals surface area (Å²) in [5, 5.41) is 4.60. The van der Waals surface area contributed by atoms with E-state index in [1.54, 1.807) is 0 Å². The van der Waals surface area contributed by atoms with Gasteiger partial charge in [-0.25, -0.2) is 0 Å². The summed E-state index contributed by atoms with van der Waals surface area (Å²) >= 11 is 11.8. The van der Waals surface area contributed by atoms with Crippen molar-refractivity contribution < 1.29 is 4.74 Å². The maximum Gasteiger partial charge on any atom is 0.0612 e. The van der Waals surface area contributed by atoms with E-state index in [9.17, 15) is 0 Å². The van der Waals surface area contributed by atoms with Crippen LogP contribution >= 0.6 is 23.2 Å². The van der Waals surface area contributed by atoms with Gasteiger partial charge in [0, 0.05) is 24.3 Å². The van der Waals surface area contributed by atoms with E-state index in [0.29, 0.717) is 22.0 Å². The molecule has 88 valence electrons. The molecule has 1 aliphatic heterocycles. The van der Waals surface area contributed by atoms with Crippen LogP contribution in [-0.2, 0) is 4.74 Å². The second-order valence-electron chi connectivity index (χ2n) is 4.19. The summed E-state index contributed by atoms with van der Waals surface area (Å²) < 4.78 is 5.37. The van der Waals surface area contributed by atoms with Crippen LogP contribution in [-0.4, -0.2) is 19.3 Å². The molecule has 1 aromatic rings. The fourth-order valence-electron chi connectivity index (χ4n) is 1.91. The van der Waals surface area contributed by atoms with Crippen LogP contribution in [0.4, 0.5) is 5.69 Å². The normalized spacial score (nSPS) is 22.1. The molecule has 1 fully saturated rings. The van der Waals surface area contributed by atoms with E-state index in [0.717, 1.165) is 25.3 Å². The second kappa shape index (κ2) is 5.26. The lowest BCUT2D eigenvalue weighted by molar-refractivity contribution is 0.183. The van der Waals surface area contributed by atoms with Crippen molar-refractivity contribution >= 4 is 28.9 Å². The van der Waals surface area contributed by atoms with Crippen molar-refractivity contribution in [1.29, 1.82) is 0 Å². The van der Waals surface area contributed by atoms with Gasteiger partial charge in [0.05, 0.1) is 16.7 Å². The van der Waals surface area contributed by atoms with Crippen LogP contribution in [0.5, 0.6) is 0 Å². The fourth-order valence-corrected chi connectivity index (χ4v) is 2.21. The predicted molar refractivity (Wildman–Crippen MR) is 68.5 cm³/mol. The smallest absolute Gasteiger partial charge is 0.0612 e. The van der Waals surface area contributed by atoms with Crippen molar-refractivity contribution in [2.45, 2.75) is 19.4 Å². The average Bonchev–Trinajstić information content (AvgIpc) is 2.77. The summed E-state index contributed by atoms with van der Waals surface area (Å²) in [7, 11) is 0. The Labute approximate surface area is 106 Å². The number of nitrogens with one attached hydrogen (secondary N) is 1. The van der Waals surface area contributed by atoms with E-state index in [2.05, 4.69) is 12.2 Å². The molecule has 2 unspecified atom stereocenters. The maximum atomic E-state index is 5.96. The molecule has 2 nitrogen and oxygen atoms in total. The van der Waals surface area contributed by atoms with Gasteiger partial charge in [-0.1, -0.05) is 23.2 Å². The number of hydrogen-bond acceptors (Lipinski definition) is 2. The Bertz CT molecular complexity index is 364. The van der Waals surface area contributed by atoms with Crippen LogP contribution in [0.15, 0.2) is 18.2 Å². The zero-order valence-corrected chi connectivity index (χ0v) is 10.7. The average molecular weight is 260 g/mol. The van der Waals surface area contributed by atoms with Crippen LogP contribution < -0.4 is 5.32 Å². The summed E-state index contributed by atoms with van der Waals surface area (Å²) in [6.07, 6.45) is 1.12. The quantitative estimate of drug-likeness (QED) is 0.891. The van der Waals surface area contributed by atoms with Gasteiger partial charge in [-0.05, 0) is 31.5 Å². The first-order valence-electron chi connectivity index (χ1n) is 5.46. The summed E-state index contributed by atoms with van der Waals surface area (Å²) in [6.45, 7) is 3.88. The number of anilines is 1. The molecule has 0 amide bonds. The van der Waals surface area contributed by atoms with Crippen molar-refractivity contribution in [3.05, 3.63) is 28.2 Å². The molecule has 0 bridgehead atoms. The van der Waals surface area contributed by atoms with Gasteiger partial charge in [-0.2, -0.15) is 0 Å². The lowest BCUT2D eigenvalue weighted by atomic mass is 10.0. The second-order valence-corrected chi connectivity index (χ2v) is 5.00. The minimum absolute atomic E-state index is 0.389. The van der Waals surface area contributed by atoms with E-state index in [1.165, 1.54) is 0 Å². The van der Waals surface area contributed by atoms with Crippen LogP contribution in [0.3, 0.4) is 0 Å². The highest BCUT2D eigenvalue weighted by atomic mass is 35.5. The monoisotopic (exact) mass is 259 g/mol. The van der Waals surface area contributed by atoms with Crippen molar-refractivity contribution in [2.24, 2.45) is 5.92 Å². The molecule has 16 heavy (non-hydrogen) atoms. The third-order valence-corrected chi connectivity index (χ3v) is 3.72. The van der Waals surface area contributed by atoms with Crippen LogP contribution in [0.25, 0.3) is 0 Å². The van der Waals surface area contributed by atoms with E-state index in [-0.39, 0.29) is 0 Å². The lowest BCUT2D eigenvalue weighted by Crippen LogP contribution is -2.26. The van der Waals surface area contributed by atoms with Gasteiger partial charge < -0.3 is 10.1 Å². The standard InChI is InChI=1S/C12H15Cl2NO/c1-8(9-4-5-16-7-9)15-10-2-3-11(13)12(14)6-10/h2-3,6,8-9,15H,4-5,7H2,1H3. The third kappa shape index (κ3) is 2.82. The van der Waals surface area contributed by atoms with Crippen LogP contribution in [0.1, 0.15) is 13.3 Å². The molecular weight excluding hydrogens is 245 g/mol. The third-order valence-electron chi connectivity index (χ3n) is 2.99. The van der Waals surface area contributed by atoms with Gasteiger partial charge >= 0.3 is 0 Å². The van der Waals surface area contributed by atoms with Crippen molar-refractivity contribution in [1.82, 2.24) is 0 Å². The molecule has 0 saturated carbocycles. The summed E-state index contributed by atoms with van der Waals surface area (Å²) in [5.74, 6) is 0.578. The number of ether oxygens (including phenoxy) is 1. The minimum atomic E-state index is 0.389. The number of benzene rings is 1. The molecule has 1 N–H and O–H groups in total. The first-order chi connectivity index (χ1) is 7.66. The molecule has 0 aromatic heterocycles. The predicted octanol–water partition coefficient (Wildman–Crippen LogP) is 3.83. The summed E-state index contributed by atoms with van der Waals surface area (Å²) in [5.41, 5.74) is 1.01.